The van der Waals surface area contributed by atoms with Gasteiger partial charge in [-0.3, -0.25) is 0 Å². The SMILES string of the molecule is C1=COc2c3c(c4c(c2=C1)=CCC=C4)OCC1=C3CCC=C1. The van der Waals surface area contributed by atoms with Crippen molar-refractivity contribution in [3.63, 3.8) is 0 Å². The maximum atomic E-state index is 6.16. The van der Waals surface area contributed by atoms with Gasteiger partial charge in [-0.15, -0.1) is 0 Å². The summed E-state index contributed by atoms with van der Waals surface area (Å²) in [6.45, 7) is 0.664. The van der Waals surface area contributed by atoms with Crippen LogP contribution in [0.1, 0.15) is 30.4 Å². The van der Waals surface area contributed by atoms with Crippen molar-refractivity contribution in [2.45, 2.75) is 19.3 Å². The van der Waals surface area contributed by atoms with Crippen LogP contribution in [0.15, 0.2) is 36.1 Å². The maximum Gasteiger partial charge on any atom is 0.145 e. The molecule has 2 nitrogen and oxygen atoms in total. The van der Waals surface area contributed by atoms with Gasteiger partial charge in [-0.25, -0.2) is 0 Å². The van der Waals surface area contributed by atoms with Crippen molar-refractivity contribution in [1.29, 1.82) is 0 Å². The fourth-order valence-electron chi connectivity index (χ4n) is 3.76. The molecule has 1 aromatic rings. The molecule has 0 radical (unpaired) electrons. The van der Waals surface area contributed by atoms with Gasteiger partial charge in [0, 0.05) is 10.8 Å². The number of fused-ring (bicyclic) bond motifs is 7. The first-order valence-electron chi connectivity index (χ1n) is 7.85. The molecule has 0 saturated heterocycles. The molecule has 2 aliphatic carbocycles. The Morgan fingerprint density at radius 3 is 3.00 bits per heavy atom. The Balaban J connectivity index is 1.95. The van der Waals surface area contributed by atoms with E-state index in [-0.39, 0.29) is 0 Å². The second-order valence-corrected chi connectivity index (χ2v) is 5.96. The van der Waals surface area contributed by atoms with Crippen LogP contribution in [0.25, 0.3) is 23.8 Å². The Bertz CT molecular complexity index is 924. The highest BCUT2D eigenvalue weighted by Crippen LogP contribution is 2.44. The van der Waals surface area contributed by atoms with E-state index in [0.717, 1.165) is 30.8 Å². The summed E-state index contributed by atoms with van der Waals surface area (Å²) >= 11 is 0. The number of allylic oxidation sites excluding steroid dienone is 4. The van der Waals surface area contributed by atoms with Gasteiger partial charge in [0.1, 0.15) is 18.1 Å². The van der Waals surface area contributed by atoms with Crippen LogP contribution >= 0.6 is 0 Å². The van der Waals surface area contributed by atoms with Crippen molar-refractivity contribution < 1.29 is 9.47 Å². The van der Waals surface area contributed by atoms with Crippen molar-refractivity contribution in [2.75, 3.05) is 6.61 Å². The molecule has 2 aliphatic heterocycles. The summed E-state index contributed by atoms with van der Waals surface area (Å²) in [5.41, 5.74) is 5.06. The largest absolute Gasteiger partial charge is 0.487 e. The number of ether oxygens (including phenoxy) is 2. The van der Waals surface area contributed by atoms with Gasteiger partial charge in [-0.2, -0.15) is 0 Å². The summed E-state index contributed by atoms with van der Waals surface area (Å²) in [5, 5.41) is 2.43. The minimum atomic E-state index is 0.664. The monoisotopic (exact) mass is 288 g/mol. The zero-order chi connectivity index (χ0) is 14.5. The number of rotatable bonds is 0. The predicted molar refractivity (Wildman–Crippen MR) is 88.8 cm³/mol. The Hall–Kier alpha value is -2.48. The minimum Gasteiger partial charge on any atom is -0.487 e. The van der Waals surface area contributed by atoms with E-state index in [9.17, 15) is 0 Å². The second-order valence-electron chi connectivity index (χ2n) is 5.96. The van der Waals surface area contributed by atoms with E-state index in [1.807, 2.05) is 6.08 Å². The average Bonchev–Trinajstić information content (AvgIpc) is 2.61. The fraction of sp³-hybridized carbons (Fsp3) is 0.200. The van der Waals surface area contributed by atoms with Gasteiger partial charge in [-0.05, 0) is 47.8 Å². The van der Waals surface area contributed by atoms with E-state index in [1.165, 1.54) is 32.7 Å². The van der Waals surface area contributed by atoms with E-state index in [0.29, 0.717) is 6.61 Å². The first-order valence-corrected chi connectivity index (χ1v) is 7.85. The molecule has 108 valence electrons. The highest BCUT2D eigenvalue weighted by molar-refractivity contribution is 5.86. The smallest absolute Gasteiger partial charge is 0.145 e. The van der Waals surface area contributed by atoms with Crippen molar-refractivity contribution >= 4 is 23.8 Å². The normalized spacial score (nSPS) is 19.8. The van der Waals surface area contributed by atoms with Crippen LogP contribution in [0.2, 0.25) is 0 Å². The van der Waals surface area contributed by atoms with E-state index in [2.05, 4.69) is 36.5 Å². The summed E-state index contributed by atoms with van der Waals surface area (Å²) in [6, 6.07) is 0. The molecule has 0 amide bonds. The predicted octanol–water partition coefficient (Wildman–Crippen LogP) is 3.07. The molecule has 22 heavy (non-hydrogen) atoms. The Labute approximate surface area is 129 Å². The van der Waals surface area contributed by atoms with Gasteiger partial charge in [0.15, 0.2) is 0 Å². The van der Waals surface area contributed by atoms with Crippen LogP contribution < -0.4 is 19.9 Å². The number of hydrogen-bond acceptors (Lipinski definition) is 2. The number of benzene rings is 1. The molecule has 0 fully saturated rings. The zero-order valence-corrected chi connectivity index (χ0v) is 12.3. The Morgan fingerprint density at radius 2 is 2.00 bits per heavy atom. The summed E-state index contributed by atoms with van der Waals surface area (Å²) in [5.74, 6) is 1.96. The quantitative estimate of drug-likeness (QED) is 0.730. The third-order valence-electron chi connectivity index (χ3n) is 4.74. The Morgan fingerprint density at radius 1 is 1.00 bits per heavy atom. The van der Waals surface area contributed by atoms with Crippen molar-refractivity contribution in [3.8, 4) is 11.5 Å². The van der Waals surface area contributed by atoms with Gasteiger partial charge >= 0.3 is 0 Å². The molecule has 2 heteroatoms. The average molecular weight is 288 g/mol. The molecule has 0 aromatic heterocycles. The molecular weight excluding hydrogens is 272 g/mol. The van der Waals surface area contributed by atoms with Crippen LogP contribution in [0, 0.1) is 0 Å². The molecular formula is C20H16O2. The number of hydrogen-bond donors (Lipinski definition) is 0. The van der Waals surface area contributed by atoms with Crippen LogP contribution in [0.4, 0.5) is 0 Å². The molecule has 0 atom stereocenters. The van der Waals surface area contributed by atoms with E-state index < -0.39 is 0 Å². The van der Waals surface area contributed by atoms with Crippen molar-refractivity contribution in [2.24, 2.45) is 0 Å². The van der Waals surface area contributed by atoms with Crippen LogP contribution in [0.5, 0.6) is 11.5 Å². The second kappa shape index (κ2) is 4.51. The Kier molecular flexibility index (Phi) is 2.48. The molecule has 1 aromatic carbocycles. The maximum absolute atomic E-state index is 6.16. The highest BCUT2D eigenvalue weighted by Gasteiger charge is 2.28. The summed E-state index contributed by atoms with van der Waals surface area (Å²) < 4.78 is 12.1. The van der Waals surface area contributed by atoms with E-state index in [1.54, 1.807) is 6.26 Å². The third kappa shape index (κ3) is 1.55. The van der Waals surface area contributed by atoms with Gasteiger partial charge in [0.05, 0.1) is 11.8 Å². The van der Waals surface area contributed by atoms with Crippen LogP contribution in [-0.2, 0) is 0 Å². The lowest BCUT2D eigenvalue weighted by Crippen LogP contribution is -2.34. The summed E-state index contributed by atoms with van der Waals surface area (Å²) in [7, 11) is 0. The fourth-order valence-corrected chi connectivity index (χ4v) is 3.76. The zero-order valence-electron chi connectivity index (χ0n) is 12.3. The molecule has 4 aliphatic rings. The lowest BCUT2D eigenvalue weighted by molar-refractivity contribution is 0.343. The van der Waals surface area contributed by atoms with E-state index in [4.69, 9.17) is 9.47 Å². The van der Waals surface area contributed by atoms with E-state index >= 15 is 0 Å². The van der Waals surface area contributed by atoms with Gasteiger partial charge in [0.2, 0.25) is 0 Å². The van der Waals surface area contributed by atoms with Crippen molar-refractivity contribution in [3.05, 3.63) is 57.7 Å². The molecule has 0 spiro atoms. The lowest BCUT2D eigenvalue weighted by Gasteiger charge is -2.29. The first-order chi connectivity index (χ1) is 10.9. The molecule has 0 unspecified atom stereocenters. The van der Waals surface area contributed by atoms with Crippen LogP contribution in [-0.4, -0.2) is 6.61 Å². The van der Waals surface area contributed by atoms with Gasteiger partial charge in [0.25, 0.3) is 0 Å². The molecule has 5 rings (SSSR count). The molecule has 0 bridgehead atoms. The van der Waals surface area contributed by atoms with Crippen molar-refractivity contribution in [1.82, 2.24) is 0 Å². The first kappa shape index (κ1) is 12.1. The van der Waals surface area contributed by atoms with Gasteiger partial charge in [-0.1, -0.05) is 30.4 Å². The summed E-state index contributed by atoms with van der Waals surface area (Å²) in [6.07, 6.45) is 20.1. The van der Waals surface area contributed by atoms with Gasteiger partial charge < -0.3 is 9.47 Å². The topological polar surface area (TPSA) is 18.5 Å². The lowest BCUT2D eigenvalue weighted by atomic mass is 9.85. The molecule has 2 heterocycles. The highest BCUT2D eigenvalue weighted by atomic mass is 16.5. The molecule has 0 N–H and O–H groups in total. The van der Waals surface area contributed by atoms with Crippen LogP contribution in [0.3, 0.4) is 0 Å². The minimum absolute atomic E-state index is 0.664. The molecule has 0 saturated carbocycles. The standard InChI is InChI=1S/C20H16O2/c1-2-7-14-13(6-1)12-22-20-16-9-4-3-8-15(16)17-10-5-11-21-19(17)18(14)20/h1,4-6,8-11H,2-3,7,12H2. The third-order valence-corrected chi connectivity index (χ3v) is 4.74. The summed E-state index contributed by atoms with van der Waals surface area (Å²) in [4.78, 5) is 0.